The summed E-state index contributed by atoms with van der Waals surface area (Å²) in [4.78, 5) is 31.7. The molecule has 9 heteroatoms. The molecule has 3 heterocycles. The number of benzene rings is 1. The quantitative estimate of drug-likeness (QED) is 0.543. The van der Waals surface area contributed by atoms with E-state index in [1.165, 1.54) is 0 Å². The predicted molar refractivity (Wildman–Crippen MR) is 127 cm³/mol. The van der Waals surface area contributed by atoms with Crippen LogP contribution in [0.1, 0.15) is 18.5 Å². The molecule has 1 saturated heterocycles. The summed E-state index contributed by atoms with van der Waals surface area (Å²) in [5.74, 6) is 0.781. The van der Waals surface area contributed by atoms with Crippen LogP contribution in [0.25, 0.3) is 5.69 Å². The molecule has 1 fully saturated rings. The van der Waals surface area contributed by atoms with Crippen molar-refractivity contribution in [2.45, 2.75) is 19.8 Å². The highest BCUT2D eigenvalue weighted by Gasteiger charge is 2.27. The molecule has 166 valence electrons. The molecule has 1 aliphatic rings. The number of rotatable bonds is 6. The van der Waals surface area contributed by atoms with E-state index in [1.807, 2.05) is 54.3 Å². The molecule has 2 N–H and O–H groups in total. The number of hydrogen-bond acceptors (Lipinski definition) is 5. The van der Waals surface area contributed by atoms with Gasteiger partial charge in [-0.25, -0.2) is 9.67 Å². The maximum absolute atomic E-state index is 12.8. The van der Waals surface area contributed by atoms with Crippen molar-refractivity contribution in [1.82, 2.24) is 19.7 Å². The highest BCUT2D eigenvalue weighted by atomic mass is 79.9. The van der Waals surface area contributed by atoms with E-state index in [4.69, 9.17) is 0 Å². The van der Waals surface area contributed by atoms with Crippen LogP contribution in [0, 0.1) is 12.8 Å². The van der Waals surface area contributed by atoms with Gasteiger partial charge in [0.2, 0.25) is 11.8 Å². The highest BCUT2D eigenvalue weighted by Crippen LogP contribution is 2.20. The Hall–Kier alpha value is -3.04. The number of likely N-dealkylation sites (tertiary alicyclic amines) is 1. The van der Waals surface area contributed by atoms with Gasteiger partial charge in [-0.1, -0.05) is 18.2 Å². The van der Waals surface area contributed by atoms with Crippen molar-refractivity contribution in [3.63, 3.8) is 0 Å². The van der Waals surface area contributed by atoms with Crippen LogP contribution >= 0.6 is 15.9 Å². The Morgan fingerprint density at radius 1 is 1.16 bits per heavy atom. The second kappa shape index (κ2) is 10.1. The van der Waals surface area contributed by atoms with Crippen LogP contribution in [0.2, 0.25) is 0 Å². The third-order valence-corrected chi connectivity index (χ3v) is 5.79. The van der Waals surface area contributed by atoms with Gasteiger partial charge in [-0.2, -0.15) is 5.10 Å². The number of aromatic nitrogens is 3. The van der Waals surface area contributed by atoms with E-state index in [1.54, 1.807) is 16.9 Å². The summed E-state index contributed by atoms with van der Waals surface area (Å²) in [7, 11) is 0. The summed E-state index contributed by atoms with van der Waals surface area (Å²) in [6, 6.07) is 15.1. The van der Waals surface area contributed by atoms with E-state index in [-0.39, 0.29) is 24.3 Å². The first-order valence-electron chi connectivity index (χ1n) is 10.5. The van der Waals surface area contributed by atoms with Crippen LogP contribution in [-0.2, 0) is 9.59 Å². The standard InChI is InChI=1S/C23H25BrN6O2/c1-16-12-21(30(28-16)19-7-3-2-4-8-19)27-22(31)15-29-11-5-6-17(14-29)23(32)26-20-10-9-18(24)13-25-20/h2-4,7-10,12-13,17H,5-6,11,14-15H2,1H3,(H,27,31)(H,25,26,32). The van der Waals surface area contributed by atoms with E-state index in [0.29, 0.717) is 18.2 Å². The molecule has 1 unspecified atom stereocenters. The van der Waals surface area contributed by atoms with Gasteiger partial charge in [0.15, 0.2) is 0 Å². The second-order valence-corrected chi connectivity index (χ2v) is 8.81. The fourth-order valence-corrected chi connectivity index (χ4v) is 4.07. The molecule has 1 atom stereocenters. The molecule has 2 aromatic heterocycles. The summed E-state index contributed by atoms with van der Waals surface area (Å²) in [6.45, 7) is 3.43. The molecule has 3 aromatic rings. The van der Waals surface area contributed by atoms with Crippen LogP contribution in [-0.4, -0.2) is 51.1 Å². The van der Waals surface area contributed by atoms with Crippen molar-refractivity contribution in [3.8, 4) is 5.69 Å². The van der Waals surface area contributed by atoms with Crippen LogP contribution in [0.5, 0.6) is 0 Å². The fraction of sp³-hybridized carbons (Fsp3) is 0.304. The summed E-state index contributed by atoms with van der Waals surface area (Å²) in [5, 5.41) is 10.3. The number of hydrogen-bond donors (Lipinski definition) is 2. The Balaban J connectivity index is 1.35. The Kier molecular flexibility index (Phi) is 6.96. The lowest BCUT2D eigenvalue weighted by molar-refractivity contribution is -0.123. The molecular weight excluding hydrogens is 472 g/mol. The first-order chi connectivity index (χ1) is 15.5. The lowest BCUT2D eigenvalue weighted by Crippen LogP contribution is -2.44. The van der Waals surface area contributed by atoms with Crippen molar-refractivity contribution in [1.29, 1.82) is 0 Å². The minimum absolute atomic E-state index is 0.0669. The first kappa shape index (κ1) is 22.2. The van der Waals surface area contributed by atoms with Crippen molar-refractivity contribution < 1.29 is 9.59 Å². The van der Waals surface area contributed by atoms with Crippen molar-refractivity contribution in [3.05, 3.63) is 64.9 Å². The summed E-state index contributed by atoms with van der Waals surface area (Å²) >= 11 is 3.34. The summed E-state index contributed by atoms with van der Waals surface area (Å²) < 4.78 is 2.58. The molecule has 0 bridgehead atoms. The van der Waals surface area contributed by atoms with E-state index >= 15 is 0 Å². The van der Waals surface area contributed by atoms with E-state index in [2.05, 4.69) is 36.6 Å². The number of nitrogens with one attached hydrogen (secondary N) is 2. The molecule has 0 aliphatic carbocycles. The minimum Gasteiger partial charge on any atom is -0.310 e. The largest absolute Gasteiger partial charge is 0.310 e. The lowest BCUT2D eigenvalue weighted by Gasteiger charge is -2.31. The molecule has 2 amide bonds. The number of carbonyl (C=O) groups excluding carboxylic acids is 2. The van der Waals surface area contributed by atoms with Gasteiger partial charge in [0.25, 0.3) is 0 Å². The fourth-order valence-electron chi connectivity index (χ4n) is 3.83. The van der Waals surface area contributed by atoms with E-state index < -0.39 is 0 Å². The molecule has 0 radical (unpaired) electrons. The molecule has 1 aromatic carbocycles. The number of halogens is 1. The van der Waals surface area contributed by atoms with Crippen LogP contribution in [0.15, 0.2) is 59.2 Å². The molecule has 32 heavy (non-hydrogen) atoms. The predicted octanol–water partition coefficient (Wildman–Crippen LogP) is 3.63. The number of piperidine rings is 1. The zero-order valence-electron chi connectivity index (χ0n) is 17.8. The minimum atomic E-state index is -0.181. The normalized spacial score (nSPS) is 16.5. The van der Waals surface area contributed by atoms with Crippen LogP contribution < -0.4 is 10.6 Å². The average Bonchev–Trinajstić information content (AvgIpc) is 3.15. The number of aryl methyl sites for hydroxylation is 1. The van der Waals surface area contributed by atoms with Gasteiger partial charge in [-0.05, 0) is 66.5 Å². The van der Waals surface area contributed by atoms with Crippen LogP contribution in [0.3, 0.4) is 0 Å². The topological polar surface area (TPSA) is 92.2 Å². The van der Waals surface area contributed by atoms with Gasteiger partial charge in [-0.3, -0.25) is 14.5 Å². The number of amides is 2. The van der Waals surface area contributed by atoms with Gasteiger partial charge >= 0.3 is 0 Å². The zero-order chi connectivity index (χ0) is 22.5. The highest BCUT2D eigenvalue weighted by molar-refractivity contribution is 9.10. The lowest BCUT2D eigenvalue weighted by atomic mass is 9.97. The Bertz CT molecular complexity index is 1080. The molecule has 8 nitrogen and oxygen atoms in total. The third kappa shape index (κ3) is 5.60. The van der Waals surface area contributed by atoms with E-state index in [9.17, 15) is 9.59 Å². The Labute approximate surface area is 195 Å². The number of pyridine rings is 1. The number of carbonyl (C=O) groups is 2. The molecule has 1 aliphatic heterocycles. The second-order valence-electron chi connectivity index (χ2n) is 7.89. The maximum Gasteiger partial charge on any atom is 0.239 e. The summed E-state index contributed by atoms with van der Waals surface area (Å²) in [6.07, 6.45) is 3.30. The number of anilines is 2. The molecule has 0 saturated carbocycles. The zero-order valence-corrected chi connectivity index (χ0v) is 19.4. The van der Waals surface area contributed by atoms with Gasteiger partial charge in [0.05, 0.1) is 23.8 Å². The maximum atomic E-state index is 12.8. The van der Waals surface area contributed by atoms with Crippen molar-refractivity contribution >= 4 is 39.4 Å². The smallest absolute Gasteiger partial charge is 0.239 e. The monoisotopic (exact) mass is 496 g/mol. The average molecular weight is 497 g/mol. The van der Waals surface area contributed by atoms with Gasteiger partial charge in [0.1, 0.15) is 11.6 Å². The van der Waals surface area contributed by atoms with E-state index in [0.717, 1.165) is 35.2 Å². The number of para-hydroxylation sites is 1. The Morgan fingerprint density at radius 3 is 2.72 bits per heavy atom. The van der Waals surface area contributed by atoms with Crippen LogP contribution in [0.4, 0.5) is 11.6 Å². The molecule has 0 spiro atoms. The van der Waals surface area contributed by atoms with Gasteiger partial charge < -0.3 is 10.6 Å². The summed E-state index contributed by atoms with van der Waals surface area (Å²) in [5.41, 5.74) is 1.70. The Morgan fingerprint density at radius 2 is 1.97 bits per heavy atom. The van der Waals surface area contributed by atoms with Crippen molar-refractivity contribution in [2.75, 3.05) is 30.3 Å². The number of nitrogens with zero attached hydrogens (tertiary/aromatic N) is 4. The van der Waals surface area contributed by atoms with Gasteiger partial charge in [-0.15, -0.1) is 0 Å². The molecular formula is C23H25BrN6O2. The molecule has 4 rings (SSSR count). The third-order valence-electron chi connectivity index (χ3n) is 5.32. The van der Waals surface area contributed by atoms with Crippen molar-refractivity contribution in [2.24, 2.45) is 5.92 Å². The first-order valence-corrected chi connectivity index (χ1v) is 11.3. The van der Waals surface area contributed by atoms with Gasteiger partial charge in [0, 0.05) is 23.3 Å². The SMILES string of the molecule is Cc1cc(NC(=O)CN2CCCC(C(=O)Nc3ccc(Br)cn3)C2)n(-c2ccccc2)n1.